The first kappa shape index (κ1) is 21.5. The van der Waals surface area contributed by atoms with E-state index in [9.17, 15) is 4.79 Å². The highest BCUT2D eigenvalue weighted by Gasteiger charge is 2.21. The highest BCUT2D eigenvalue weighted by atomic mass is 35.5. The maximum Gasteiger partial charge on any atom is 0.315 e. The number of carbonyl (C=O) groups is 1. The van der Waals surface area contributed by atoms with Gasteiger partial charge in [-0.1, -0.05) is 59.3 Å². The number of rotatable bonds is 5. The Kier molecular flexibility index (Phi) is 8.21. The van der Waals surface area contributed by atoms with Gasteiger partial charge in [0.15, 0.2) is 0 Å². The number of nitrogens with one attached hydrogen (secondary N) is 2. The smallest absolute Gasteiger partial charge is 0.315 e. The number of amides is 2. The summed E-state index contributed by atoms with van der Waals surface area (Å²) in [5.41, 5.74) is 2.02. The van der Waals surface area contributed by atoms with Crippen molar-refractivity contribution in [2.75, 3.05) is 32.8 Å². The van der Waals surface area contributed by atoms with E-state index >= 15 is 0 Å². The lowest BCUT2D eigenvalue weighted by molar-refractivity contribution is -0.0286. The van der Waals surface area contributed by atoms with Crippen LogP contribution in [0.25, 0.3) is 0 Å². The summed E-state index contributed by atoms with van der Waals surface area (Å²) in [7, 11) is 0. The zero-order valence-electron chi connectivity index (χ0n) is 16.0. The van der Waals surface area contributed by atoms with Gasteiger partial charge in [-0.3, -0.25) is 4.90 Å². The Morgan fingerprint density at radius 2 is 1.97 bits per heavy atom. The Morgan fingerprint density at radius 3 is 2.76 bits per heavy atom. The van der Waals surface area contributed by atoms with Gasteiger partial charge in [0.2, 0.25) is 0 Å². The molecule has 0 saturated carbocycles. The fourth-order valence-corrected chi connectivity index (χ4v) is 3.33. The van der Waals surface area contributed by atoms with Crippen LogP contribution in [0.3, 0.4) is 0 Å². The molecule has 1 saturated heterocycles. The first-order valence-electron chi connectivity index (χ1n) is 9.43. The molecule has 1 heterocycles. The van der Waals surface area contributed by atoms with E-state index in [1.165, 1.54) is 0 Å². The second-order valence-electron chi connectivity index (χ2n) is 6.71. The molecule has 1 aliphatic heterocycles. The Hall–Kier alpha value is -2.23. The van der Waals surface area contributed by atoms with Crippen molar-refractivity contribution >= 4 is 29.2 Å². The Labute approximate surface area is 181 Å². The maximum atomic E-state index is 12.0. The predicted molar refractivity (Wildman–Crippen MR) is 116 cm³/mol. The van der Waals surface area contributed by atoms with Crippen molar-refractivity contribution in [1.29, 1.82) is 0 Å². The molecule has 5 nitrogen and oxygen atoms in total. The van der Waals surface area contributed by atoms with Crippen LogP contribution >= 0.6 is 23.2 Å². The molecule has 1 fully saturated rings. The first-order valence-corrected chi connectivity index (χ1v) is 10.2. The SMILES string of the molecule is O=C(NCC#Cc1ccccc1)NCC1CN(Cc2ccc(Cl)c(Cl)c2)CCO1. The summed E-state index contributed by atoms with van der Waals surface area (Å²) in [6, 6.07) is 15.1. The molecule has 1 atom stereocenters. The van der Waals surface area contributed by atoms with E-state index in [1.54, 1.807) is 0 Å². The normalized spacial score (nSPS) is 16.6. The number of benzene rings is 2. The fraction of sp³-hybridized carbons (Fsp3) is 0.318. The van der Waals surface area contributed by atoms with E-state index in [2.05, 4.69) is 27.4 Å². The minimum Gasteiger partial charge on any atom is -0.374 e. The molecule has 29 heavy (non-hydrogen) atoms. The second-order valence-corrected chi connectivity index (χ2v) is 7.52. The van der Waals surface area contributed by atoms with Gasteiger partial charge in [0.05, 0.1) is 29.3 Å². The molecule has 7 heteroatoms. The molecule has 0 radical (unpaired) electrons. The number of carbonyl (C=O) groups excluding carboxylic acids is 1. The van der Waals surface area contributed by atoms with Crippen LogP contribution < -0.4 is 10.6 Å². The molecule has 0 aromatic heterocycles. The number of urea groups is 1. The molecule has 2 aromatic carbocycles. The molecule has 2 aromatic rings. The largest absolute Gasteiger partial charge is 0.374 e. The number of hydrogen-bond donors (Lipinski definition) is 2. The lowest BCUT2D eigenvalue weighted by Crippen LogP contribution is -2.48. The van der Waals surface area contributed by atoms with Crippen LogP contribution in [0.2, 0.25) is 10.0 Å². The molecule has 3 rings (SSSR count). The Balaban J connectivity index is 1.38. The van der Waals surface area contributed by atoms with Crippen molar-refractivity contribution in [3.63, 3.8) is 0 Å². The number of ether oxygens (including phenoxy) is 1. The van der Waals surface area contributed by atoms with Crippen LogP contribution in [0.5, 0.6) is 0 Å². The van der Waals surface area contributed by atoms with E-state index in [0.29, 0.717) is 23.2 Å². The highest BCUT2D eigenvalue weighted by molar-refractivity contribution is 6.42. The van der Waals surface area contributed by atoms with Crippen molar-refractivity contribution in [1.82, 2.24) is 15.5 Å². The third-order valence-corrected chi connectivity index (χ3v) is 5.19. The van der Waals surface area contributed by atoms with Gasteiger partial charge in [0.25, 0.3) is 0 Å². The molecule has 0 spiro atoms. The second kappa shape index (κ2) is 11.1. The van der Waals surface area contributed by atoms with Crippen LogP contribution in [0.1, 0.15) is 11.1 Å². The lowest BCUT2D eigenvalue weighted by atomic mass is 10.2. The number of nitrogens with zero attached hydrogens (tertiary/aromatic N) is 1. The van der Waals surface area contributed by atoms with E-state index in [-0.39, 0.29) is 18.7 Å². The monoisotopic (exact) mass is 431 g/mol. The number of halogens is 2. The van der Waals surface area contributed by atoms with Crippen LogP contribution in [-0.2, 0) is 11.3 Å². The highest BCUT2D eigenvalue weighted by Crippen LogP contribution is 2.23. The van der Waals surface area contributed by atoms with Crippen molar-refractivity contribution < 1.29 is 9.53 Å². The molecule has 2 N–H and O–H groups in total. The van der Waals surface area contributed by atoms with Crippen molar-refractivity contribution in [3.8, 4) is 11.8 Å². The van der Waals surface area contributed by atoms with E-state index in [1.807, 2.05) is 48.5 Å². The molecule has 0 aliphatic carbocycles. The molecular weight excluding hydrogens is 409 g/mol. The average Bonchev–Trinajstić information content (AvgIpc) is 2.73. The zero-order valence-corrected chi connectivity index (χ0v) is 17.5. The third kappa shape index (κ3) is 7.26. The summed E-state index contributed by atoms with van der Waals surface area (Å²) in [4.78, 5) is 14.2. The van der Waals surface area contributed by atoms with Gasteiger partial charge < -0.3 is 15.4 Å². The third-order valence-electron chi connectivity index (χ3n) is 4.45. The van der Waals surface area contributed by atoms with Crippen LogP contribution in [0.15, 0.2) is 48.5 Å². The summed E-state index contributed by atoms with van der Waals surface area (Å²) in [6.07, 6.45) is -0.0623. The topological polar surface area (TPSA) is 53.6 Å². The van der Waals surface area contributed by atoms with E-state index in [0.717, 1.165) is 30.8 Å². The predicted octanol–water partition coefficient (Wildman–Crippen LogP) is 3.55. The van der Waals surface area contributed by atoms with E-state index in [4.69, 9.17) is 27.9 Å². The summed E-state index contributed by atoms with van der Waals surface area (Å²) in [5.74, 6) is 5.93. The lowest BCUT2D eigenvalue weighted by Gasteiger charge is -2.33. The minimum atomic E-state index is -0.252. The van der Waals surface area contributed by atoms with E-state index < -0.39 is 0 Å². The fourth-order valence-electron chi connectivity index (χ4n) is 3.00. The molecule has 1 aliphatic rings. The van der Waals surface area contributed by atoms with Gasteiger partial charge in [-0.05, 0) is 29.8 Å². The Morgan fingerprint density at radius 1 is 1.14 bits per heavy atom. The van der Waals surface area contributed by atoms with Crippen molar-refractivity contribution in [2.24, 2.45) is 0 Å². The summed E-state index contributed by atoms with van der Waals surface area (Å²) < 4.78 is 5.76. The van der Waals surface area contributed by atoms with Crippen molar-refractivity contribution in [3.05, 3.63) is 69.7 Å². The molecule has 0 bridgehead atoms. The molecule has 152 valence electrons. The number of hydrogen-bond acceptors (Lipinski definition) is 3. The van der Waals surface area contributed by atoms with Gasteiger partial charge in [-0.2, -0.15) is 0 Å². The molecular formula is C22H23Cl2N3O2. The summed E-state index contributed by atoms with van der Waals surface area (Å²) >= 11 is 12.1. The van der Waals surface area contributed by atoms with Gasteiger partial charge >= 0.3 is 6.03 Å². The summed E-state index contributed by atoms with van der Waals surface area (Å²) in [5, 5.41) is 6.69. The minimum absolute atomic E-state index is 0.0623. The van der Waals surface area contributed by atoms with Crippen LogP contribution in [-0.4, -0.2) is 49.8 Å². The van der Waals surface area contributed by atoms with Gasteiger partial charge in [0.1, 0.15) is 0 Å². The van der Waals surface area contributed by atoms with Gasteiger partial charge in [0, 0.05) is 31.7 Å². The Bertz CT molecular complexity index is 881. The van der Waals surface area contributed by atoms with Crippen LogP contribution in [0, 0.1) is 11.8 Å². The number of morpholine rings is 1. The standard InChI is InChI=1S/C22H23Cl2N3O2/c23-20-9-8-18(13-21(20)24)15-27-11-12-29-19(16-27)14-26-22(28)25-10-4-7-17-5-2-1-3-6-17/h1-3,5-6,8-9,13,19H,10-12,14-16H2,(H2,25,26,28). The quantitative estimate of drug-likeness (QED) is 0.711. The first-order chi connectivity index (χ1) is 14.1. The van der Waals surface area contributed by atoms with Crippen molar-refractivity contribution in [2.45, 2.75) is 12.6 Å². The zero-order chi connectivity index (χ0) is 20.5. The van der Waals surface area contributed by atoms with Crippen LogP contribution in [0.4, 0.5) is 4.79 Å². The van der Waals surface area contributed by atoms with Gasteiger partial charge in [-0.25, -0.2) is 4.79 Å². The average molecular weight is 432 g/mol. The summed E-state index contributed by atoms with van der Waals surface area (Å²) in [6.45, 7) is 3.67. The molecule has 1 unspecified atom stereocenters. The maximum absolute atomic E-state index is 12.0. The molecule has 2 amide bonds. The van der Waals surface area contributed by atoms with Gasteiger partial charge in [-0.15, -0.1) is 0 Å².